The van der Waals surface area contributed by atoms with Crippen molar-refractivity contribution in [3.8, 4) is 5.75 Å². The molecule has 0 aliphatic rings. The van der Waals surface area contributed by atoms with Crippen LogP contribution in [-0.2, 0) is 5.41 Å². The van der Waals surface area contributed by atoms with Crippen LogP contribution in [0.1, 0.15) is 56.0 Å². The van der Waals surface area contributed by atoms with Gasteiger partial charge < -0.3 is 10.5 Å². The fraction of sp³-hybridized carbons (Fsp3) is 0.444. The van der Waals surface area contributed by atoms with Gasteiger partial charge in [-0.1, -0.05) is 32.9 Å². The summed E-state index contributed by atoms with van der Waals surface area (Å²) in [7, 11) is 0. The van der Waals surface area contributed by atoms with Gasteiger partial charge in [0, 0.05) is 9.75 Å². The van der Waals surface area contributed by atoms with Crippen LogP contribution in [0, 0.1) is 0 Å². The zero-order chi connectivity index (χ0) is 15.6. The molecule has 1 unspecified atom stereocenters. The molecule has 2 nitrogen and oxygen atoms in total. The molecule has 0 bridgehead atoms. The third-order valence-electron chi connectivity index (χ3n) is 3.26. The lowest BCUT2D eigenvalue weighted by Crippen LogP contribution is -2.11. The van der Waals surface area contributed by atoms with Crippen molar-refractivity contribution in [2.24, 2.45) is 5.73 Å². The first-order chi connectivity index (χ1) is 9.77. The standard InChI is InChI=1S/C18H25NOS/c1-12(2)20-14-8-6-7-13(11-14)17(19)15-9-10-16(21-15)18(3,4)5/h6-12,17H,19H2,1-5H3. The van der Waals surface area contributed by atoms with E-state index in [0.717, 1.165) is 11.3 Å². The highest BCUT2D eigenvalue weighted by atomic mass is 32.1. The van der Waals surface area contributed by atoms with Gasteiger partial charge in [-0.25, -0.2) is 0 Å². The van der Waals surface area contributed by atoms with Crippen LogP contribution in [0.4, 0.5) is 0 Å². The van der Waals surface area contributed by atoms with E-state index in [1.54, 1.807) is 11.3 Å². The van der Waals surface area contributed by atoms with Crippen LogP contribution >= 0.6 is 11.3 Å². The average molecular weight is 303 g/mol. The minimum atomic E-state index is -0.0955. The zero-order valence-corrected chi connectivity index (χ0v) is 14.3. The molecule has 1 heterocycles. The van der Waals surface area contributed by atoms with Crippen LogP contribution in [0.3, 0.4) is 0 Å². The Labute approximate surface area is 132 Å². The largest absolute Gasteiger partial charge is 0.491 e. The van der Waals surface area contributed by atoms with Crippen molar-refractivity contribution in [1.82, 2.24) is 0 Å². The van der Waals surface area contributed by atoms with Gasteiger partial charge in [-0.2, -0.15) is 0 Å². The Morgan fingerprint density at radius 2 is 1.81 bits per heavy atom. The van der Waals surface area contributed by atoms with E-state index in [1.807, 2.05) is 32.0 Å². The van der Waals surface area contributed by atoms with Gasteiger partial charge in [0.15, 0.2) is 0 Å². The second-order valence-corrected chi connectivity index (χ2v) is 7.78. The van der Waals surface area contributed by atoms with E-state index in [9.17, 15) is 0 Å². The van der Waals surface area contributed by atoms with Gasteiger partial charge in [0.05, 0.1) is 12.1 Å². The topological polar surface area (TPSA) is 35.2 Å². The first-order valence-corrected chi connectivity index (χ1v) is 8.21. The quantitative estimate of drug-likeness (QED) is 0.873. The SMILES string of the molecule is CC(C)Oc1cccc(C(N)c2ccc(C(C)(C)C)s2)c1. The molecule has 0 radical (unpaired) electrons. The number of hydrogen-bond donors (Lipinski definition) is 1. The second-order valence-electron chi connectivity index (χ2n) is 6.67. The van der Waals surface area contributed by atoms with E-state index in [4.69, 9.17) is 10.5 Å². The van der Waals surface area contributed by atoms with Crippen LogP contribution < -0.4 is 10.5 Å². The number of thiophene rings is 1. The molecule has 0 saturated heterocycles. The maximum absolute atomic E-state index is 6.43. The van der Waals surface area contributed by atoms with Gasteiger partial charge in [-0.3, -0.25) is 0 Å². The molecule has 1 aromatic heterocycles. The monoisotopic (exact) mass is 303 g/mol. The van der Waals surface area contributed by atoms with Crippen molar-refractivity contribution in [1.29, 1.82) is 0 Å². The van der Waals surface area contributed by atoms with Gasteiger partial charge in [0.1, 0.15) is 5.75 Å². The Balaban J connectivity index is 2.23. The van der Waals surface area contributed by atoms with Gasteiger partial charge in [-0.05, 0) is 49.1 Å². The second kappa shape index (κ2) is 6.20. The predicted octanol–water partition coefficient (Wildman–Crippen LogP) is 4.88. The van der Waals surface area contributed by atoms with Crippen molar-refractivity contribution < 1.29 is 4.74 Å². The van der Waals surface area contributed by atoms with Gasteiger partial charge in [0.25, 0.3) is 0 Å². The van der Waals surface area contributed by atoms with E-state index in [0.29, 0.717) is 0 Å². The van der Waals surface area contributed by atoms with Crippen molar-refractivity contribution in [2.75, 3.05) is 0 Å². The van der Waals surface area contributed by atoms with E-state index in [2.05, 4.69) is 39.0 Å². The first-order valence-electron chi connectivity index (χ1n) is 7.40. The number of rotatable bonds is 4. The fourth-order valence-electron chi connectivity index (χ4n) is 2.14. The molecule has 21 heavy (non-hydrogen) atoms. The van der Waals surface area contributed by atoms with Crippen LogP contribution in [0.25, 0.3) is 0 Å². The maximum atomic E-state index is 6.43. The lowest BCUT2D eigenvalue weighted by Gasteiger charge is -2.16. The maximum Gasteiger partial charge on any atom is 0.120 e. The molecule has 1 atom stereocenters. The molecule has 0 spiro atoms. The highest BCUT2D eigenvalue weighted by Gasteiger charge is 2.19. The molecule has 2 N–H and O–H groups in total. The highest BCUT2D eigenvalue weighted by Crippen LogP contribution is 2.34. The molecule has 3 heteroatoms. The van der Waals surface area contributed by atoms with Crippen molar-refractivity contribution >= 4 is 11.3 Å². The summed E-state index contributed by atoms with van der Waals surface area (Å²) in [6, 6.07) is 12.3. The first kappa shape index (κ1) is 16.1. The Kier molecular flexibility index (Phi) is 4.74. The lowest BCUT2D eigenvalue weighted by atomic mass is 9.95. The van der Waals surface area contributed by atoms with Crippen LogP contribution in [0.5, 0.6) is 5.75 Å². The molecule has 2 rings (SSSR count). The van der Waals surface area contributed by atoms with E-state index < -0.39 is 0 Å². The van der Waals surface area contributed by atoms with Crippen LogP contribution in [-0.4, -0.2) is 6.10 Å². The number of benzene rings is 1. The molecule has 0 aliphatic carbocycles. The number of hydrogen-bond acceptors (Lipinski definition) is 3. The summed E-state index contributed by atoms with van der Waals surface area (Å²) >= 11 is 1.80. The molecule has 0 fully saturated rings. The summed E-state index contributed by atoms with van der Waals surface area (Å²) < 4.78 is 5.75. The summed E-state index contributed by atoms with van der Waals surface area (Å²) in [6.07, 6.45) is 0.172. The Morgan fingerprint density at radius 3 is 2.38 bits per heavy atom. The third kappa shape index (κ3) is 4.08. The van der Waals surface area contributed by atoms with E-state index >= 15 is 0 Å². The lowest BCUT2D eigenvalue weighted by molar-refractivity contribution is 0.242. The minimum Gasteiger partial charge on any atom is -0.491 e. The van der Waals surface area contributed by atoms with Crippen LogP contribution in [0.15, 0.2) is 36.4 Å². The Bertz CT molecular complexity index is 595. The normalized spacial score (nSPS) is 13.5. The molecular formula is C18H25NOS. The fourth-order valence-corrected chi connectivity index (χ4v) is 3.24. The molecule has 114 valence electrons. The summed E-state index contributed by atoms with van der Waals surface area (Å²) in [5.41, 5.74) is 7.69. The summed E-state index contributed by atoms with van der Waals surface area (Å²) in [5, 5.41) is 0. The zero-order valence-electron chi connectivity index (χ0n) is 13.5. The van der Waals surface area contributed by atoms with Crippen molar-refractivity contribution in [3.63, 3.8) is 0 Å². The molecule has 1 aromatic carbocycles. The Morgan fingerprint density at radius 1 is 1.10 bits per heavy atom. The van der Waals surface area contributed by atoms with E-state index in [1.165, 1.54) is 9.75 Å². The summed E-state index contributed by atoms with van der Waals surface area (Å²) in [5.74, 6) is 0.880. The summed E-state index contributed by atoms with van der Waals surface area (Å²) in [4.78, 5) is 2.56. The third-order valence-corrected chi connectivity index (χ3v) is 4.86. The van der Waals surface area contributed by atoms with Gasteiger partial charge in [-0.15, -0.1) is 11.3 Å². The average Bonchev–Trinajstić information content (AvgIpc) is 2.86. The molecule has 0 saturated carbocycles. The van der Waals surface area contributed by atoms with Gasteiger partial charge in [0.2, 0.25) is 0 Å². The highest BCUT2D eigenvalue weighted by molar-refractivity contribution is 7.12. The smallest absolute Gasteiger partial charge is 0.120 e. The molecule has 2 aromatic rings. The van der Waals surface area contributed by atoms with Crippen LogP contribution in [0.2, 0.25) is 0 Å². The predicted molar refractivity (Wildman–Crippen MR) is 91.3 cm³/mol. The van der Waals surface area contributed by atoms with Crippen molar-refractivity contribution in [2.45, 2.75) is 52.2 Å². The number of nitrogens with two attached hydrogens (primary N) is 1. The van der Waals surface area contributed by atoms with Crippen molar-refractivity contribution in [3.05, 3.63) is 51.7 Å². The van der Waals surface area contributed by atoms with E-state index in [-0.39, 0.29) is 17.6 Å². The molecule has 0 aliphatic heterocycles. The molecular weight excluding hydrogens is 278 g/mol. The number of ether oxygens (including phenoxy) is 1. The van der Waals surface area contributed by atoms with Gasteiger partial charge >= 0.3 is 0 Å². The molecule has 0 amide bonds. The minimum absolute atomic E-state index is 0.0955. The Hall–Kier alpha value is -1.32. The summed E-state index contributed by atoms with van der Waals surface area (Å²) in [6.45, 7) is 10.7.